The molecule has 1 aromatic rings. The maximum atomic E-state index is 11.2. The van der Waals surface area contributed by atoms with E-state index in [-0.39, 0.29) is 11.9 Å². The molecule has 13 heavy (non-hydrogen) atoms. The van der Waals surface area contributed by atoms with Crippen molar-refractivity contribution in [3.8, 4) is 0 Å². The number of amides is 1. The van der Waals surface area contributed by atoms with E-state index in [1.165, 1.54) is 0 Å². The normalized spacial score (nSPS) is 20.2. The Labute approximate surface area is 81.1 Å². The Hall–Kier alpha value is -1.22. The van der Waals surface area contributed by atoms with Gasteiger partial charge in [0.1, 0.15) is 6.04 Å². The van der Waals surface area contributed by atoms with Gasteiger partial charge in [-0.15, -0.1) is 0 Å². The van der Waals surface area contributed by atoms with Crippen molar-refractivity contribution in [1.29, 1.82) is 0 Å². The number of carbonyl (C=O) groups is 1. The number of benzene rings is 1. The highest BCUT2D eigenvalue weighted by Gasteiger charge is 2.20. The highest BCUT2D eigenvalue weighted by Crippen LogP contribution is 2.29. The van der Waals surface area contributed by atoms with Gasteiger partial charge in [-0.2, -0.15) is 0 Å². The number of rotatable bonds is 0. The topological polar surface area (TPSA) is 41.1 Å². The predicted octanol–water partition coefficient (Wildman–Crippen LogP) is 2.09. The molecule has 1 atom stereocenters. The molecule has 0 radical (unpaired) electrons. The van der Waals surface area contributed by atoms with E-state index in [9.17, 15) is 4.79 Å². The van der Waals surface area contributed by atoms with Crippen molar-refractivity contribution in [3.05, 3.63) is 23.2 Å². The van der Waals surface area contributed by atoms with E-state index >= 15 is 0 Å². The van der Waals surface area contributed by atoms with Crippen LogP contribution in [0, 0.1) is 0 Å². The van der Waals surface area contributed by atoms with E-state index in [1.54, 1.807) is 25.1 Å². The van der Waals surface area contributed by atoms with Gasteiger partial charge in [-0.3, -0.25) is 4.79 Å². The molecule has 0 unspecified atom stereocenters. The Morgan fingerprint density at radius 3 is 2.92 bits per heavy atom. The van der Waals surface area contributed by atoms with Gasteiger partial charge in [0.15, 0.2) is 0 Å². The number of nitrogens with one attached hydrogen (secondary N) is 2. The first-order valence-electron chi connectivity index (χ1n) is 4.04. The number of hydrogen-bond acceptors (Lipinski definition) is 2. The summed E-state index contributed by atoms with van der Waals surface area (Å²) in [6.45, 7) is 1.80. The average Bonchev–Trinajstić information content (AvgIpc) is 2.08. The Bertz CT molecular complexity index is 365. The SMILES string of the molecule is C[C@H]1Nc2cc(Cl)ccc2NC1=O. The lowest BCUT2D eigenvalue weighted by Gasteiger charge is -2.24. The molecule has 68 valence electrons. The molecule has 2 rings (SSSR count). The van der Waals surface area contributed by atoms with Crippen LogP contribution in [0.1, 0.15) is 6.92 Å². The van der Waals surface area contributed by atoms with Crippen LogP contribution in [-0.4, -0.2) is 11.9 Å². The van der Waals surface area contributed by atoms with E-state index in [0.717, 1.165) is 11.4 Å². The quantitative estimate of drug-likeness (QED) is 0.667. The molecule has 0 aromatic heterocycles. The fraction of sp³-hybridized carbons (Fsp3) is 0.222. The minimum Gasteiger partial charge on any atom is -0.372 e. The van der Waals surface area contributed by atoms with E-state index in [0.29, 0.717) is 5.02 Å². The molecule has 1 aliphatic heterocycles. The summed E-state index contributed by atoms with van der Waals surface area (Å²) < 4.78 is 0. The molecule has 0 aliphatic carbocycles. The first kappa shape index (κ1) is 8.38. The van der Waals surface area contributed by atoms with E-state index in [1.807, 2.05) is 0 Å². The van der Waals surface area contributed by atoms with Crippen molar-refractivity contribution in [2.75, 3.05) is 10.6 Å². The highest BCUT2D eigenvalue weighted by atomic mass is 35.5. The third-order valence-corrected chi connectivity index (χ3v) is 2.24. The molecule has 1 aliphatic rings. The van der Waals surface area contributed by atoms with Crippen LogP contribution in [0.3, 0.4) is 0 Å². The van der Waals surface area contributed by atoms with E-state index < -0.39 is 0 Å². The second-order valence-corrected chi connectivity index (χ2v) is 3.48. The minimum absolute atomic E-state index is 0.0187. The third-order valence-electron chi connectivity index (χ3n) is 2.00. The summed E-state index contributed by atoms with van der Waals surface area (Å²) in [5, 5.41) is 6.49. The van der Waals surface area contributed by atoms with Gasteiger partial charge in [-0.25, -0.2) is 0 Å². The summed E-state index contributed by atoms with van der Waals surface area (Å²) in [7, 11) is 0. The number of hydrogen-bond donors (Lipinski definition) is 2. The van der Waals surface area contributed by atoms with Gasteiger partial charge in [0.25, 0.3) is 0 Å². The molecule has 3 nitrogen and oxygen atoms in total. The summed E-state index contributed by atoms with van der Waals surface area (Å²) in [6, 6.07) is 5.13. The van der Waals surface area contributed by atoms with Gasteiger partial charge in [-0.05, 0) is 25.1 Å². The summed E-state index contributed by atoms with van der Waals surface area (Å²) in [5.41, 5.74) is 1.66. The second-order valence-electron chi connectivity index (χ2n) is 3.05. The van der Waals surface area contributed by atoms with Crippen LogP contribution in [0.5, 0.6) is 0 Å². The zero-order chi connectivity index (χ0) is 9.42. The Balaban J connectivity index is 2.42. The molecule has 2 N–H and O–H groups in total. The number of carbonyl (C=O) groups excluding carboxylic acids is 1. The van der Waals surface area contributed by atoms with Crippen LogP contribution >= 0.6 is 11.6 Å². The average molecular weight is 197 g/mol. The fourth-order valence-electron chi connectivity index (χ4n) is 1.28. The lowest BCUT2D eigenvalue weighted by Crippen LogP contribution is -2.36. The number of anilines is 2. The second kappa shape index (κ2) is 2.92. The van der Waals surface area contributed by atoms with Crippen LogP contribution in [0.25, 0.3) is 0 Å². The summed E-state index contributed by atoms with van der Waals surface area (Å²) >= 11 is 5.81. The zero-order valence-electron chi connectivity index (χ0n) is 7.10. The lowest BCUT2D eigenvalue weighted by molar-refractivity contribution is -0.116. The largest absolute Gasteiger partial charge is 0.372 e. The highest BCUT2D eigenvalue weighted by molar-refractivity contribution is 6.31. The Morgan fingerprint density at radius 1 is 1.38 bits per heavy atom. The molecular formula is C9H9ClN2O. The first-order valence-corrected chi connectivity index (χ1v) is 4.41. The molecule has 1 amide bonds. The maximum Gasteiger partial charge on any atom is 0.246 e. The van der Waals surface area contributed by atoms with Gasteiger partial charge < -0.3 is 10.6 Å². The van der Waals surface area contributed by atoms with Crippen molar-refractivity contribution in [1.82, 2.24) is 0 Å². The molecular weight excluding hydrogens is 188 g/mol. The molecule has 1 aromatic carbocycles. The molecule has 0 spiro atoms. The van der Waals surface area contributed by atoms with Crippen molar-refractivity contribution in [3.63, 3.8) is 0 Å². The van der Waals surface area contributed by atoms with Crippen LogP contribution in [-0.2, 0) is 4.79 Å². The zero-order valence-corrected chi connectivity index (χ0v) is 7.85. The van der Waals surface area contributed by atoms with Crippen LogP contribution in [0.4, 0.5) is 11.4 Å². The van der Waals surface area contributed by atoms with E-state index in [2.05, 4.69) is 10.6 Å². The standard InChI is InChI=1S/C9H9ClN2O/c1-5-9(13)12-7-3-2-6(10)4-8(7)11-5/h2-5,11H,1H3,(H,12,13)/t5-/m1/s1. The smallest absolute Gasteiger partial charge is 0.246 e. The monoisotopic (exact) mass is 196 g/mol. The van der Waals surface area contributed by atoms with Gasteiger partial charge in [0.2, 0.25) is 5.91 Å². The Kier molecular flexibility index (Phi) is 1.88. The summed E-state index contributed by atoms with van der Waals surface area (Å²) in [6.07, 6.45) is 0. The molecule has 4 heteroatoms. The lowest BCUT2D eigenvalue weighted by atomic mass is 10.1. The van der Waals surface area contributed by atoms with Gasteiger partial charge in [0, 0.05) is 5.02 Å². The summed E-state index contributed by atoms with van der Waals surface area (Å²) in [4.78, 5) is 11.2. The van der Waals surface area contributed by atoms with Crippen molar-refractivity contribution in [2.24, 2.45) is 0 Å². The van der Waals surface area contributed by atoms with Gasteiger partial charge in [0.05, 0.1) is 11.4 Å². The first-order chi connectivity index (χ1) is 6.16. The third kappa shape index (κ3) is 1.47. The van der Waals surface area contributed by atoms with Crippen molar-refractivity contribution < 1.29 is 4.79 Å². The molecule has 0 fully saturated rings. The molecule has 0 saturated carbocycles. The van der Waals surface area contributed by atoms with Crippen LogP contribution in [0.2, 0.25) is 5.02 Å². The van der Waals surface area contributed by atoms with Crippen molar-refractivity contribution in [2.45, 2.75) is 13.0 Å². The maximum absolute atomic E-state index is 11.2. The van der Waals surface area contributed by atoms with E-state index in [4.69, 9.17) is 11.6 Å². The molecule has 1 heterocycles. The Morgan fingerprint density at radius 2 is 2.15 bits per heavy atom. The van der Waals surface area contributed by atoms with Crippen LogP contribution in [0.15, 0.2) is 18.2 Å². The predicted molar refractivity (Wildman–Crippen MR) is 53.2 cm³/mol. The number of fused-ring (bicyclic) bond motifs is 1. The molecule has 0 saturated heterocycles. The van der Waals surface area contributed by atoms with Crippen molar-refractivity contribution >= 4 is 28.9 Å². The minimum atomic E-state index is -0.203. The van der Waals surface area contributed by atoms with Gasteiger partial charge >= 0.3 is 0 Å². The fourth-order valence-corrected chi connectivity index (χ4v) is 1.46. The van der Waals surface area contributed by atoms with Gasteiger partial charge in [-0.1, -0.05) is 11.6 Å². The molecule has 0 bridgehead atoms. The van der Waals surface area contributed by atoms with Crippen LogP contribution < -0.4 is 10.6 Å². The summed E-state index contributed by atoms with van der Waals surface area (Å²) in [5.74, 6) is -0.0187. The number of halogens is 1.